The third-order valence-electron chi connectivity index (χ3n) is 6.07. The second kappa shape index (κ2) is 9.60. The molecule has 4 rings (SSSR count). The Labute approximate surface area is 187 Å². The molecule has 1 amide bonds. The van der Waals surface area contributed by atoms with Gasteiger partial charge in [-0.3, -0.25) is 9.59 Å². The summed E-state index contributed by atoms with van der Waals surface area (Å²) in [5.74, 6) is -2.46. The lowest BCUT2D eigenvalue weighted by atomic mass is 9.78. The van der Waals surface area contributed by atoms with Crippen LogP contribution in [-0.2, 0) is 16.0 Å². The number of carboxylic acids is 1. The largest absolute Gasteiger partial charge is 0.475 e. The van der Waals surface area contributed by atoms with Crippen LogP contribution in [0.5, 0.6) is 0 Å². The molecule has 3 aromatic rings. The van der Waals surface area contributed by atoms with Gasteiger partial charge in [0.1, 0.15) is 0 Å². The Hall–Kier alpha value is -3.73. The Bertz CT molecular complexity index is 1090. The maximum atomic E-state index is 13.1. The molecule has 0 spiro atoms. The van der Waals surface area contributed by atoms with Crippen molar-refractivity contribution in [3.63, 3.8) is 0 Å². The van der Waals surface area contributed by atoms with Crippen molar-refractivity contribution >= 4 is 17.7 Å². The predicted molar refractivity (Wildman–Crippen MR) is 122 cm³/mol. The molecule has 5 heteroatoms. The van der Waals surface area contributed by atoms with E-state index in [9.17, 15) is 14.4 Å². The first-order chi connectivity index (χ1) is 15.5. The van der Waals surface area contributed by atoms with Crippen LogP contribution in [0.3, 0.4) is 0 Å². The summed E-state index contributed by atoms with van der Waals surface area (Å²) in [5.41, 5.74) is 3.93. The van der Waals surface area contributed by atoms with Crippen molar-refractivity contribution in [2.24, 2.45) is 0 Å². The standard InChI is InChI=1S/C27H25NO4/c29-24(28-25(18-9-3-1-4-10-18)19-11-5-2-6-12-19)17-20-13-7-15-22-21(20)14-8-16-23(22)26(30)27(31)32/h1-6,8-12,14,16,20,25H,7,13,15,17H2,(H,28,29)(H,31,32). The number of aliphatic carboxylic acids is 1. The molecule has 0 saturated heterocycles. The van der Waals surface area contributed by atoms with Gasteiger partial charge in [-0.2, -0.15) is 0 Å². The van der Waals surface area contributed by atoms with E-state index >= 15 is 0 Å². The number of Topliss-reactive ketones (excluding diaryl/α,β-unsaturated/α-hetero) is 1. The van der Waals surface area contributed by atoms with E-state index in [0.717, 1.165) is 35.1 Å². The summed E-state index contributed by atoms with van der Waals surface area (Å²) >= 11 is 0. The number of benzene rings is 3. The second-order valence-electron chi connectivity index (χ2n) is 8.12. The minimum Gasteiger partial charge on any atom is -0.475 e. The van der Waals surface area contributed by atoms with Crippen molar-refractivity contribution in [3.8, 4) is 0 Å². The number of hydrogen-bond donors (Lipinski definition) is 2. The molecule has 0 radical (unpaired) electrons. The molecule has 3 aromatic carbocycles. The minimum absolute atomic E-state index is 0.0486. The molecular formula is C27H25NO4. The monoisotopic (exact) mass is 427 g/mol. The summed E-state index contributed by atoms with van der Waals surface area (Å²) in [6, 6.07) is 24.6. The number of ketones is 1. The van der Waals surface area contributed by atoms with Crippen LogP contribution in [-0.4, -0.2) is 22.8 Å². The Balaban J connectivity index is 1.56. The number of fused-ring (bicyclic) bond motifs is 1. The van der Waals surface area contributed by atoms with Crippen molar-refractivity contribution in [2.75, 3.05) is 0 Å². The third kappa shape index (κ3) is 4.62. The number of nitrogens with one attached hydrogen (secondary N) is 1. The molecule has 1 aliphatic carbocycles. The quantitative estimate of drug-likeness (QED) is 0.424. The highest BCUT2D eigenvalue weighted by Gasteiger charge is 2.28. The average Bonchev–Trinajstić information content (AvgIpc) is 2.83. The molecule has 0 aromatic heterocycles. The minimum atomic E-state index is -1.45. The lowest BCUT2D eigenvalue weighted by Crippen LogP contribution is -2.31. The fourth-order valence-electron chi connectivity index (χ4n) is 4.58. The highest BCUT2D eigenvalue weighted by Crippen LogP contribution is 2.36. The van der Waals surface area contributed by atoms with Crippen LogP contribution in [0, 0.1) is 0 Å². The molecule has 1 atom stereocenters. The van der Waals surface area contributed by atoms with Crippen molar-refractivity contribution in [3.05, 3.63) is 107 Å². The molecule has 5 nitrogen and oxygen atoms in total. The Morgan fingerprint density at radius 1 is 0.875 bits per heavy atom. The van der Waals surface area contributed by atoms with E-state index in [1.807, 2.05) is 66.7 Å². The molecule has 1 unspecified atom stereocenters. The van der Waals surface area contributed by atoms with Gasteiger partial charge in [0.15, 0.2) is 0 Å². The predicted octanol–water partition coefficient (Wildman–Crippen LogP) is 4.67. The maximum Gasteiger partial charge on any atom is 0.377 e. The van der Waals surface area contributed by atoms with Crippen LogP contribution in [0.4, 0.5) is 0 Å². The van der Waals surface area contributed by atoms with E-state index in [2.05, 4.69) is 5.32 Å². The van der Waals surface area contributed by atoms with Crippen LogP contribution in [0.15, 0.2) is 78.9 Å². The number of amides is 1. The van der Waals surface area contributed by atoms with E-state index in [1.165, 1.54) is 0 Å². The molecule has 162 valence electrons. The number of carboxylic acid groups (broad SMARTS) is 1. The Morgan fingerprint density at radius 2 is 1.50 bits per heavy atom. The van der Waals surface area contributed by atoms with Crippen LogP contribution in [0.25, 0.3) is 0 Å². The molecule has 0 heterocycles. The first-order valence-corrected chi connectivity index (χ1v) is 10.8. The van der Waals surface area contributed by atoms with Crippen LogP contribution < -0.4 is 5.32 Å². The first kappa shape index (κ1) is 21.5. The fourth-order valence-corrected chi connectivity index (χ4v) is 4.58. The molecule has 2 N–H and O–H groups in total. The van der Waals surface area contributed by atoms with Crippen molar-refractivity contribution in [1.82, 2.24) is 5.32 Å². The van der Waals surface area contributed by atoms with Gasteiger partial charge >= 0.3 is 5.97 Å². The summed E-state index contributed by atoms with van der Waals surface area (Å²) in [6.07, 6.45) is 2.58. The van der Waals surface area contributed by atoms with E-state index in [0.29, 0.717) is 6.42 Å². The van der Waals surface area contributed by atoms with Crippen molar-refractivity contribution in [1.29, 1.82) is 0 Å². The van der Waals surface area contributed by atoms with Crippen LogP contribution in [0.2, 0.25) is 0 Å². The normalized spacial score (nSPS) is 15.1. The van der Waals surface area contributed by atoms with E-state index < -0.39 is 11.8 Å². The van der Waals surface area contributed by atoms with Gasteiger partial charge in [0, 0.05) is 12.0 Å². The number of hydrogen-bond acceptors (Lipinski definition) is 3. The molecule has 0 aliphatic heterocycles. The highest BCUT2D eigenvalue weighted by molar-refractivity contribution is 6.40. The number of rotatable bonds is 7. The van der Waals surface area contributed by atoms with Crippen molar-refractivity contribution < 1.29 is 19.5 Å². The lowest BCUT2D eigenvalue weighted by Gasteiger charge is -2.27. The van der Waals surface area contributed by atoms with Gasteiger partial charge in [-0.1, -0.05) is 78.9 Å². The SMILES string of the molecule is O=C(CC1CCCc2c(C(=O)C(=O)O)cccc21)NC(c1ccccc1)c1ccccc1. The molecule has 0 fully saturated rings. The van der Waals surface area contributed by atoms with E-state index in [4.69, 9.17) is 5.11 Å². The first-order valence-electron chi connectivity index (χ1n) is 10.8. The number of carbonyl (C=O) groups is 3. The van der Waals surface area contributed by atoms with Crippen LogP contribution in [0.1, 0.15) is 63.8 Å². The van der Waals surface area contributed by atoms with Crippen LogP contribution >= 0.6 is 0 Å². The Kier molecular flexibility index (Phi) is 6.45. The van der Waals surface area contributed by atoms with Crippen molar-refractivity contribution in [2.45, 2.75) is 37.6 Å². The van der Waals surface area contributed by atoms with Gasteiger partial charge in [-0.15, -0.1) is 0 Å². The topological polar surface area (TPSA) is 83.5 Å². The molecule has 0 saturated carbocycles. The van der Waals surface area contributed by atoms with E-state index in [-0.39, 0.29) is 29.9 Å². The summed E-state index contributed by atoms with van der Waals surface area (Å²) in [5, 5.41) is 12.3. The van der Waals surface area contributed by atoms with Gasteiger partial charge < -0.3 is 10.4 Å². The molecular weight excluding hydrogens is 402 g/mol. The smallest absolute Gasteiger partial charge is 0.377 e. The highest BCUT2D eigenvalue weighted by atomic mass is 16.4. The summed E-state index contributed by atoms with van der Waals surface area (Å²) in [4.78, 5) is 36.5. The zero-order valence-electron chi connectivity index (χ0n) is 17.7. The third-order valence-corrected chi connectivity index (χ3v) is 6.07. The molecule has 0 bridgehead atoms. The maximum absolute atomic E-state index is 13.1. The zero-order chi connectivity index (χ0) is 22.5. The van der Waals surface area contributed by atoms with Gasteiger partial charge in [0.05, 0.1) is 6.04 Å². The van der Waals surface area contributed by atoms with E-state index in [1.54, 1.807) is 12.1 Å². The second-order valence-corrected chi connectivity index (χ2v) is 8.12. The summed E-state index contributed by atoms with van der Waals surface area (Å²) in [7, 11) is 0. The Morgan fingerprint density at radius 3 is 2.09 bits per heavy atom. The number of carbonyl (C=O) groups excluding carboxylic acids is 2. The van der Waals surface area contributed by atoms with Gasteiger partial charge in [-0.05, 0) is 47.4 Å². The average molecular weight is 428 g/mol. The van der Waals surface area contributed by atoms with Gasteiger partial charge in [0.2, 0.25) is 5.91 Å². The van der Waals surface area contributed by atoms with Gasteiger partial charge in [0.25, 0.3) is 5.78 Å². The molecule has 32 heavy (non-hydrogen) atoms. The summed E-state index contributed by atoms with van der Waals surface area (Å²) in [6.45, 7) is 0. The lowest BCUT2D eigenvalue weighted by molar-refractivity contribution is -0.131. The van der Waals surface area contributed by atoms with Gasteiger partial charge in [-0.25, -0.2) is 4.79 Å². The summed E-state index contributed by atoms with van der Waals surface area (Å²) < 4.78 is 0. The molecule has 1 aliphatic rings. The fraction of sp³-hybridized carbons (Fsp3) is 0.222. The zero-order valence-corrected chi connectivity index (χ0v) is 17.7.